The number of pyridine rings is 1. The molecular formula is C23H29N3O3S. The van der Waals surface area contributed by atoms with Gasteiger partial charge in [0.05, 0.1) is 18.0 Å². The molecule has 7 heteroatoms. The Bertz CT molecular complexity index is 989. The highest BCUT2D eigenvalue weighted by molar-refractivity contribution is 7.20. The van der Waals surface area contributed by atoms with Crippen molar-refractivity contribution in [3.8, 4) is 0 Å². The highest BCUT2D eigenvalue weighted by Gasteiger charge is 2.20. The minimum atomic E-state index is 0.0149. The summed E-state index contributed by atoms with van der Waals surface area (Å²) >= 11 is 1.41. The fourth-order valence-electron chi connectivity index (χ4n) is 2.94. The van der Waals surface area contributed by atoms with E-state index in [4.69, 9.17) is 4.74 Å². The molecule has 2 aromatic heterocycles. The van der Waals surface area contributed by atoms with Crippen molar-refractivity contribution in [1.29, 1.82) is 0 Å². The van der Waals surface area contributed by atoms with E-state index in [-0.39, 0.29) is 18.1 Å². The van der Waals surface area contributed by atoms with Crippen molar-refractivity contribution in [3.05, 3.63) is 71.2 Å². The minimum Gasteiger partial charge on any atom is -0.508 e. The van der Waals surface area contributed by atoms with E-state index in [2.05, 4.69) is 16.9 Å². The van der Waals surface area contributed by atoms with Crippen LogP contribution < -0.4 is 5.32 Å². The zero-order valence-corrected chi connectivity index (χ0v) is 18.8. The minimum absolute atomic E-state index is 0.0149. The molecule has 0 aliphatic carbocycles. The zero-order valence-electron chi connectivity index (χ0n) is 17.9. The summed E-state index contributed by atoms with van der Waals surface area (Å²) in [6.45, 7) is 10.7. The summed E-state index contributed by atoms with van der Waals surface area (Å²) in [5.41, 5.74) is 2.71. The number of ether oxygens (including phenoxy) is 1. The third-order valence-corrected chi connectivity index (χ3v) is 5.75. The van der Waals surface area contributed by atoms with E-state index < -0.39 is 0 Å². The number of allylic oxidation sites excluding steroid dienone is 5. The lowest BCUT2D eigenvalue weighted by atomic mass is 10.1. The summed E-state index contributed by atoms with van der Waals surface area (Å²) in [6.07, 6.45) is 10.1. The van der Waals surface area contributed by atoms with Gasteiger partial charge in [0.25, 0.3) is 0 Å². The van der Waals surface area contributed by atoms with E-state index in [1.807, 2.05) is 44.0 Å². The fraction of sp³-hybridized carbons (Fsp3) is 0.304. The summed E-state index contributed by atoms with van der Waals surface area (Å²) in [5, 5.41) is 13.9. The SMILES string of the molecule is C=C/C(O)=C\C=C(/C)N(/C=C\C)CC(=O)c1sc2nccc(NCCOC)c2c1C. The van der Waals surface area contributed by atoms with Crippen LogP contribution in [-0.2, 0) is 4.74 Å². The van der Waals surface area contributed by atoms with Crippen LogP contribution >= 0.6 is 11.3 Å². The topological polar surface area (TPSA) is 74.7 Å². The van der Waals surface area contributed by atoms with Crippen LogP contribution in [0.2, 0.25) is 0 Å². The average Bonchev–Trinajstić information content (AvgIpc) is 3.09. The van der Waals surface area contributed by atoms with Crippen LogP contribution in [0.1, 0.15) is 29.1 Å². The number of aliphatic hydroxyl groups is 1. The average molecular weight is 428 g/mol. The Kier molecular flexibility index (Phi) is 8.83. The normalized spacial score (nSPS) is 12.5. The summed E-state index contributed by atoms with van der Waals surface area (Å²) in [7, 11) is 1.66. The summed E-state index contributed by atoms with van der Waals surface area (Å²) in [6, 6.07) is 1.92. The highest BCUT2D eigenvalue weighted by atomic mass is 32.1. The Morgan fingerprint density at radius 3 is 2.87 bits per heavy atom. The van der Waals surface area contributed by atoms with E-state index in [1.54, 1.807) is 25.5 Å². The molecule has 160 valence electrons. The second-order valence-corrected chi connectivity index (χ2v) is 7.65. The number of Topliss-reactive ketones (excluding diaryl/α,β-unsaturated/α-hetero) is 1. The molecule has 0 unspecified atom stereocenters. The van der Waals surface area contributed by atoms with Crippen LogP contribution in [-0.4, -0.2) is 47.6 Å². The molecule has 0 aromatic carbocycles. The number of thiophene rings is 1. The number of carbonyl (C=O) groups excluding carboxylic acids is 1. The number of nitrogens with one attached hydrogen (secondary N) is 1. The molecule has 0 amide bonds. The number of anilines is 1. The molecule has 0 saturated carbocycles. The number of aryl methyl sites for hydroxylation is 1. The molecular weight excluding hydrogens is 398 g/mol. The Balaban J connectivity index is 2.31. The Labute approximate surface area is 181 Å². The van der Waals surface area contributed by atoms with Gasteiger partial charge in [-0.1, -0.05) is 12.7 Å². The van der Waals surface area contributed by atoms with Gasteiger partial charge in [0.1, 0.15) is 10.6 Å². The first-order valence-corrected chi connectivity index (χ1v) is 10.5. The summed E-state index contributed by atoms with van der Waals surface area (Å²) in [4.78, 5) is 21.0. The van der Waals surface area contributed by atoms with E-state index in [0.29, 0.717) is 18.0 Å². The van der Waals surface area contributed by atoms with Crippen LogP contribution in [0.3, 0.4) is 0 Å². The molecule has 0 saturated heterocycles. The van der Waals surface area contributed by atoms with Gasteiger partial charge in [-0.15, -0.1) is 11.3 Å². The van der Waals surface area contributed by atoms with Gasteiger partial charge in [-0.3, -0.25) is 4.79 Å². The lowest BCUT2D eigenvalue weighted by molar-refractivity contribution is 0.0969. The summed E-state index contributed by atoms with van der Waals surface area (Å²) < 4.78 is 5.11. The predicted molar refractivity (Wildman–Crippen MR) is 125 cm³/mol. The van der Waals surface area contributed by atoms with Crippen molar-refractivity contribution in [2.45, 2.75) is 20.8 Å². The van der Waals surface area contributed by atoms with Crippen molar-refractivity contribution >= 4 is 33.0 Å². The molecule has 2 aromatic rings. The molecule has 0 atom stereocenters. The molecule has 6 nitrogen and oxygen atoms in total. The Hall–Kier alpha value is -2.90. The molecule has 2 rings (SSSR count). The second kappa shape index (κ2) is 11.3. The Morgan fingerprint density at radius 2 is 2.20 bits per heavy atom. The van der Waals surface area contributed by atoms with Gasteiger partial charge in [-0.25, -0.2) is 4.98 Å². The van der Waals surface area contributed by atoms with E-state index >= 15 is 0 Å². The number of carbonyl (C=O) groups is 1. The maximum Gasteiger partial charge on any atom is 0.192 e. The van der Waals surface area contributed by atoms with E-state index in [1.165, 1.54) is 17.4 Å². The van der Waals surface area contributed by atoms with Gasteiger partial charge >= 0.3 is 0 Å². The van der Waals surface area contributed by atoms with Gasteiger partial charge in [0.2, 0.25) is 0 Å². The van der Waals surface area contributed by atoms with Crippen LogP contribution in [0.4, 0.5) is 5.69 Å². The van der Waals surface area contributed by atoms with Gasteiger partial charge in [-0.05, 0) is 56.8 Å². The quantitative estimate of drug-likeness (QED) is 0.222. The molecule has 0 aliphatic rings. The largest absolute Gasteiger partial charge is 0.508 e. The van der Waals surface area contributed by atoms with Crippen molar-refractivity contribution in [2.75, 3.05) is 32.1 Å². The number of hydrogen-bond donors (Lipinski definition) is 2. The molecule has 30 heavy (non-hydrogen) atoms. The number of nitrogens with zero attached hydrogens (tertiary/aromatic N) is 2. The molecule has 0 radical (unpaired) electrons. The lowest BCUT2D eigenvalue weighted by Crippen LogP contribution is -2.23. The summed E-state index contributed by atoms with van der Waals surface area (Å²) in [5.74, 6) is 0.0853. The van der Waals surface area contributed by atoms with Crippen LogP contribution in [0.5, 0.6) is 0 Å². The number of aromatic nitrogens is 1. The third-order valence-electron chi connectivity index (χ3n) is 4.51. The molecule has 0 spiro atoms. The molecule has 0 aliphatic heterocycles. The molecule has 2 heterocycles. The molecule has 0 bridgehead atoms. The highest BCUT2D eigenvalue weighted by Crippen LogP contribution is 2.34. The van der Waals surface area contributed by atoms with Gasteiger partial charge in [0.15, 0.2) is 5.78 Å². The monoisotopic (exact) mass is 427 g/mol. The maximum atomic E-state index is 13.1. The lowest BCUT2D eigenvalue weighted by Gasteiger charge is -2.20. The molecule has 0 fully saturated rings. The number of ketones is 1. The Morgan fingerprint density at radius 1 is 1.43 bits per heavy atom. The standard InChI is InChI=1S/C23H29N3O3S/c1-6-13-26(16(3)8-9-18(27)7-2)15-20(28)22-17(4)21-19(24-12-14-29-5)10-11-25-23(21)30-22/h6-11,13,27H,2,12,14-15H2,1,3-5H3,(H,24,25)/b13-6-,16-8+,18-9+. The van der Waals surface area contributed by atoms with Crippen molar-refractivity contribution in [3.63, 3.8) is 0 Å². The van der Waals surface area contributed by atoms with Crippen LogP contribution in [0.25, 0.3) is 10.2 Å². The number of methoxy groups -OCH3 is 1. The van der Waals surface area contributed by atoms with E-state index in [9.17, 15) is 9.90 Å². The maximum absolute atomic E-state index is 13.1. The van der Waals surface area contributed by atoms with E-state index in [0.717, 1.165) is 27.2 Å². The molecule has 2 N–H and O–H groups in total. The van der Waals surface area contributed by atoms with Crippen molar-refractivity contribution < 1.29 is 14.6 Å². The number of hydrogen-bond acceptors (Lipinski definition) is 7. The van der Waals surface area contributed by atoms with Crippen LogP contribution in [0, 0.1) is 6.92 Å². The van der Waals surface area contributed by atoms with Crippen molar-refractivity contribution in [2.24, 2.45) is 0 Å². The first-order chi connectivity index (χ1) is 14.4. The first kappa shape index (κ1) is 23.4. The number of aliphatic hydroxyl groups excluding tert-OH is 1. The van der Waals surface area contributed by atoms with Crippen LogP contribution in [0.15, 0.2) is 60.8 Å². The third kappa shape index (κ3) is 5.81. The van der Waals surface area contributed by atoms with Gasteiger partial charge < -0.3 is 20.1 Å². The first-order valence-electron chi connectivity index (χ1n) is 9.66. The number of fused-ring (bicyclic) bond motifs is 1. The zero-order chi connectivity index (χ0) is 22.1. The van der Waals surface area contributed by atoms with Crippen molar-refractivity contribution in [1.82, 2.24) is 9.88 Å². The smallest absolute Gasteiger partial charge is 0.192 e. The van der Waals surface area contributed by atoms with Gasteiger partial charge in [-0.2, -0.15) is 0 Å². The number of rotatable bonds is 11. The van der Waals surface area contributed by atoms with Gasteiger partial charge in [0, 0.05) is 36.6 Å². The second-order valence-electron chi connectivity index (χ2n) is 6.65. The predicted octanol–water partition coefficient (Wildman–Crippen LogP) is 5.21. The fourth-order valence-corrected chi connectivity index (χ4v) is 4.05.